The first-order chi connectivity index (χ1) is 9.16. The van der Waals surface area contributed by atoms with Gasteiger partial charge in [0.1, 0.15) is 0 Å². The predicted octanol–water partition coefficient (Wildman–Crippen LogP) is 3.31. The van der Waals surface area contributed by atoms with Crippen molar-refractivity contribution in [2.45, 2.75) is 25.1 Å². The maximum atomic E-state index is 9.43. The molecular formula is C17H22OSi. The number of rotatable bonds is 5. The fraction of sp³-hybridized carbons (Fsp3) is 0.294. The highest BCUT2D eigenvalue weighted by Gasteiger charge is 2.34. The van der Waals surface area contributed by atoms with Crippen molar-refractivity contribution in [3.63, 3.8) is 0 Å². The van der Waals surface area contributed by atoms with Crippen LogP contribution in [-0.4, -0.2) is 19.8 Å². The quantitative estimate of drug-likeness (QED) is 0.827. The normalized spacial score (nSPS) is 13.2. The van der Waals surface area contributed by atoms with Crippen LogP contribution in [0.15, 0.2) is 60.7 Å². The summed E-state index contributed by atoms with van der Waals surface area (Å²) >= 11 is 0. The van der Waals surface area contributed by atoms with Gasteiger partial charge in [0, 0.05) is 6.61 Å². The highest BCUT2D eigenvalue weighted by molar-refractivity contribution is 6.90. The van der Waals surface area contributed by atoms with Crippen LogP contribution in [0.5, 0.6) is 0 Å². The number of hydrogen-bond acceptors (Lipinski definition) is 1. The Morgan fingerprint density at radius 2 is 1.42 bits per heavy atom. The van der Waals surface area contributed by atoms with Crippen molar-refractivity contribution in [1.29, 1.82) is 0 Å². The summed E-state index contributed by atoms with van der Waals surface area (Å²) in [5.41, 5.74) is 1.82. The van der Waals surface area contributed by atoms with Crippen molar-refractivity contribution in [3.05, 3.63) is 66.2 Å². The molecule has 2 heteroatoms. The van der Waals surface area contributed by atoms with E-state index < -0.39 is 8.07 Å². The lowest BCUT2D eigenvalue weighted by Crippen LogP contribution is -2.48. The second-order valence-corrected chi connectivity index (χ2v) is 10.3. The molecule has 0 radical (unpaired) electrons. The summed E-state index contributed by atoms with van der Waals surface area (Å²) < 4.78 is 0. The van der Waals surface area contributed by atoms with E-state index in [1.54, 1.807) is 0 Å². The van der Waals surface area contributed by atoms with Gasteiger partial charge in [0.05, 0.1) is 8.07 Å². The lowest BCUT2D eigenvalue weighted by atomic mass is 10.1. The minimum Gasteiger partial charge on any atom is -0.396 e. The first kappa shape index (κ1) is 14.0. The topological polar surface area (TPSA) is 20.2 Å². The Kier molecular flexibility index (Phi) is 4.56. The van der Waals surface area contributed by atoms with E-state index >= 15 is 0 Å². The minimum absolute atomic E-state index is 0.253. The number of benzene rings is 2. The Morgan fingerprint density at radius 1 is 0.895 bits per heavy atom. The van der Waals surface area contributed by atoms with E-state index in [9.17, 15) is 5.11 Å². The molecule has 2 aromatic rings. The average molecular weight is 270 g/mol. The Labute approximate surface area is 116 Å². The fourth-order valence-electron chi connectivity index (χ4n) is 2.83. The molecular weight excluding hydrogens is 248 g/mol. The lowest BCUT2D eigenvalue weighted by Gasteiger charge is -2.33. The van der Waals surface area contributed by atoms with Gasteiger partial charge in [0.2, 0.25) is 0 Å². The van der Waals surface area contributed by atoms with Crippen LogP contribution < -0.4 is 5.19 Å². The molecule has 100 valence electrons. The zero-order valence-electron chi connectivity index (χ0n) is 11.7. The molecule has 1 atom stereocenters. The average Bonchev–Trinajstić information content (AvgIpc) is 2.46. The number of hydrogen-bond donors (Lipinski definition) is 1. The Balaban J connectivity index is 2.39. The van der Waals surface area contributed by atoms with Crippen LogP contribution in [0.1, 0.15) is 17.5 Å². The van der Waals surface area contributed by atoms with Crippen LogP contribution in [-0.2, 0) is 0 Å². The SMILES string of the molecule is C[Si](C)(c1ccccc1)[C@@H](CCO)c1ccccc1. The highest BCUT2D eigenvalue weighted by atomic mass is 28.3. The van der Waals surface area contributed by atoms with Gasteiger partial charge in [-0.15, -0.1) is 0 Å². The standard InChI is InChI=1S/C17H22OSi/c1-19(2,16-11-7-4-8-12-16)17(13-14-18)15-9-5-3-6-10-15/h3-12,17-18H,13-14H2,1-2H3/t17-/m0/s1. The van der Waals surface area contributed by atoms with Crippen molar-refractivity contribution in [2.75, 3.05) is 6.61 Å². The van der Waals surface area contributed by atoms with Gasteiger partial charge in [0.15, 0.2) is 0 Å². The van der Waals surface area contributed by atoms with E-state index in [0.717, 1.165) is 6.42 Å². The molecule has 0 aliphatic carbocycles. The van der Waals surface area contributed by atoms with E-state index in [1.807, 2.05) is 0 Å². The first-order valence-corrected chi connectivity index (χ1v) is 9.95. The summed E-state index contributed by atoms with van der Waals surface area (Å²) in [6.45, 7) is 5.05. The molecule has 0 saturated carbocycles. The summed E-state index contributed by atoms with van der Waals surface area (Å²) in [5, 5.41) is 10.9. The maximum Gasteiger partial charge on any atom is 0.0880 e. The summed E-state index contributed by atoms with van der Waals surface area (Å²) in [5.74, 6) is 0. The molecule has 0 fully saturated rings. The molecule has 0 aromatic heterocycles. The molecule has 1 N–H and O–H groups in total. The number of aliphatic hydroxyl groups excluding tert-OH is 1. The van der Waals surface area contributed by atoms with Gasteiger partial charge >= 0.3 is 0 Å². The molecule has 0 aliphatic heterocycles. The molecule has 0 spiro atoms. The van der Waals surface area contributed by atoms with Crippen molar-refractivity contribution in [2.24, 2.45) is 0 Å². The van der Waals surface area contributed by atoms with Crippen molar-refractivity contribution in [1.82, 2.24) is 0 Å². The molecule has 2 rings (SSSR count). The van der Waals surface area contributed by atoms with Gasteiger partial charge in [-0.1, -0.05) is 78.9 Å². The second kappa shape index (κ2) is 6.18. The lowest BCUT2D eigenvalue weighted by molar-refractivity contribution is 0.285. The van der Waals surface area contributed by atoms with Crippen LogP contribution in [0, 0.1) is 0 Å². The minimum atomic E-state index is -1.63. The Hall–Kier alpha value is -1.38. The molecule has 0 amide bonds. The van der Waals surface area contributed by atoms with Crippen LogP contribution in [0.3, 0.4) is 0 Å². The van der Waals surface area contributed by atoms with E-state index in [0.29, 0.717) is 5.54 Å². The van der Waals surface area contributed by atoms with Gasteiger partial charge in [-0.05, 0) is 17.5 Å². The molecule has 0 aliphatic rings. The molecule has 1 nitrogen and oxygen atoms in total. The number of aliphatic hydroxyl groups is 1. The molecule has 0 saturated heterocycles. The summed E-state index contributed by atoms with van der Waals surface area (Å²) in [6, 6.07) is 21.4. The first-order valence-electron chi connectivity index (χ1n) is 6.87. The monoisotopic (exact) mass is 270 g/mol. The van der Waals surface area contributed by atoms with E-state index in [4.69, 9.17) is 0 Å². The zero-order chi connectivity index (χ0) is 13.7. The van der Waals surface area contributed by atoms with Crippen LogP contribution >= 0.6 is 0 Å². The highest BCUT2D eigenvalue weighted by Crippen LogP contribution is 2.29. The molecule has 0 bridgehead atoms. The van der Waals surface area contributed by atoms with Gasteiger partial charge in [0.25, 0.3) is 0 Å². The van der Waals surface area contributed by atoms with E-state index in [-0.39, 0.29) is 6.61 Å². The van der Waals surface area contributed by atoms with Crippen molar-refractivity contribution < 1.29 is 5.11 Å². The fourth-order valence-corrected chi connectivity index (χ4v) is 6.16. The third kappa shape index (κ3) is 3.14. The van der Waals surface area contributed by atoms with E-state index in [1.165, 1.54) is 10.8 Å². The van der Waals surface area contributed by atoms with Gasteiger partial charge < -0.3 is 5.11 Å². The Morgan fingerprint density at radius 3 is 1.95 bits per heavy atom. The molecule has 19 heavy (non-hydrogen) atoms. The van der Waals surface area contributed by atoms with E-state index in [2.05, 4.69) is 73.8 Å². The summed E-state index contributed by atoms with van der Waals surface area (Å²) in [7, 11) is -1.63. The largest absolute Gasteiger partial charge is 0.396 e. The molecule has 2 aromatic carbocycles. The maximum absolute atomic E-state index is 9.43. The van der Waals surface area contributed by atoms with Crippen molar-refractivity contribution >= 4 is 13.3 Å². The Bertz CT molecular complexity index is 493. The third-order valence-electron chi connectivity index (χ3n) is 4.01. The molecule has 0 unspecified atom stereocenters. The van der Waals surface area contributed by atoms with Crippen LogP contribution in [0.25, 0.3) is 0 Å². The second-order valence-electron chi connectivity index (χ2n) is 5.56. The smallest absolute Gasteiger partial charge is 0.0880 e. The van der Waals surface area contributed by atoms with Gasteiger partial charge in [-0.3, -0.25) is 0 Å². The zero-order valence-corrected chi connectivity index (χ0v) is 12.7. The summed E-state index contributed by atoms with van der Waals surface area (Å²) in [6.07, 6.45) is 0.845. The van der Waals surface area contributed by atoms with Crippen molar-refractivity contribution in [3.8, 4) is 0 Å². The predicted molar refractivity (Wildman–Crippen MR) is 84.4 cm³/mol. The van der Waals surface area contributed by atoms with Gasteiger partial charge in [-0.25, -0.2) is 0 Å². The summed E-state index contributed by atoms with van der Waals surface area (Å²) in [4.78, 5) is 0. The van der Waals surface area contributed by atoms with Crippen LogP contribution in [0.2, 0.25) is 13.1 Å². The molecule has 0 heterocycles. The third-order valence-corrected chi connectivity index (χ3v) is 8.19. The van der Waals surface area contributed by atoms with Gasteiger partial charge in [-0.2, -0.15) is 0 Å². The van der Waals surface area contributed by atoms with Crippen LogP contribution in [0.4, 0.5) is 0 Å².